The van der Waals surface area contributed by atoms with E-state index in [4.69, 9.17) is 9.47 Å². The minimum absolute atomic E-state index is 0.0436. The molecule has 0 amide bonds. The maximum Gasteiger partial charge on any atom is 0.174 e. The third-order valence-corrected chi connectivity index (χ3v) is 4.10. The summed E-state index contributed by atoms with van der Waals surface area (Å²) >= 11 is 4.44. The average molecular weight is 332 g/mol. The molecule has 0 saturated carbocycles. The van der Waals surface area contributed by atoms with Gasteiger partial charge in [0.2, 0.25) is 0 Å². The second-order valence-corrected chi connectivity index (χ2v) is 6.31. The van der Waals surface area contributed by atoms with Crippen LogP contribution in [0.5, 0.6) is 11.5 Å². The van der Waals surface area contributed by atoms with Gasteiger partial charge in [0.1, 0.15) is 5.82 Å². The van der Waals surface area contributed by atoms with E-state index in [1.54, 1.807) is 14.2 Å². The second kappa shape index (κ2) is 7.59. The van der Waals surface area contributed by atoms with Crippen molar-refractivity contribution in [2.45, 2.75) is 31.7 Å². The Morgan fingerprint density at radius 1 is 1.09 bits per heavy atom. The fourth-order valence-electron chi connectivity index (χ4n) is 2.60. The van der Waals surface area contributed by atoms with Gasteiger partial charge in [-0.15, -0.1) is 12.6 Å². The smallest absolute Gasteiger partial charge is 0.174 e. The fourth-order valence-corrected chi connectivity index (χ4v) is 2.87. The molecule has 1 aromatic heterocycles. The second-order valence-electron chi connectivity index (χ2n) is 5.82. The first kappa shape index (κ1) is 17.5. The number of nitrogens with one attached hydrogen (secondary N) is 1. The van der Waals surface area contributed by atoms with Gasteiger partial charge in [0.15, 0.2) is 11.5 Å². The van der Waals surface area contributed by atoms with Crippen LogP contribution in [0.25, 0.3) is 0 Å². The molecule has 2 aromatic rings. The van der Waals surface area contributed by atoms with Crippen molar-refractivity contribution >= 4 is 18.4 Å². The van der Waals surface area contributed by atoms with E-state index in [1.807, 2.05) is 30.5 Å². The Balaban J connectivity index is 2.46. The van der Waals surface area contributed by atoms with Crippen LogP contribution in [0.1, 0.15) is 31.0 Å². The Morgan fingerprint density at radius 3 is 2.35 bits per heavy atom. The number of benzene rings is 1. The van der Waals surface area contributed by atoms with Crippen LogP contribution in [0.2, 0.25) is 0 Å². The highest BCUT2D eigenvalue weighted by Gasteiger charge is 2.23. The average Bonchev–Trinajstić information content (AvgIpc) is 2.52. The van der Waals surface area contributed by atoms with E-state index < -0.39 is 0 Å². The molecule has 0 spiro atoms. The Bertz CT molecular complexity index is 674. The van der Waals surface area contributed by atoms with Crippen LogP contribution in [-0.4, -0.2) is 19.2 Å². The standard InChI is InChI=1S/C18H24N2O2S/c1-11(2)16(20-15-10-12(3)8-9-19-15)13-6-7-14(23)18(22-5)17(13)21-4/h6-11,16,23H,1-5H3,(H,19,20). The summed E-state index contributed by atoms with van der Waals surface area (Å²) in [5.41, 5.74) is 2.20. The molecule has 4 nitrogen and oxygen atoms in total. The van der Waals surface area contributed by atoms with Crippen molar-refractivity contribution < 1.29 is 9.47 Å². The first-order valence-corrected chi connectivity index (χ1v) is 8.05. The van der Waals surface area contributed by atoms with Crippen LogP contribution < -0.4 is 14.8 Å². The summed E-state index contributed by atoms with van der Waals surface area (Å²) in [5.74, 6) is 2.54. The van der Waals surface area contributed by atoms with Crippen LogP contribution in [0, 0.1) is 12.8 Å². The number of nitrogens with zero attached hydrogens (tertiary/aromatic N) is 1. The molecule has 5 heteroatoms. The zero-order chi connectivity index (χ0) is 17.0. The first-order chi connectivity index (χ1) is 11.0. The van der Waals surface area contributed by atoms with Crippen molar-refractivity contribution in [3.05, 3.63) is 41.6 Å². The third kappa shape index (κ3) is 3.91. The van der Waals surface area contributed by atoms with Crippen molar-refractivity contribution in [2.75, 3.05) is 19.5 Å². The van der Waals surface area contributed by atoms with Crippen LogP contribution in [0.3, 0.4) is 0 Å². The van der Waals surface area contributed by atoms with Crippen molar-refractivity contribution in [1.82, 2.24) is 4.98 Å². The molecule has 23 heavy (non-hydrogen) atoms. The van der Waals surface area contributed by atoms with Gasteiger partial charge in [0.25, 0.3) is 0 Å². The lowest BCUT2D eigenvalue weighted by molar-refractivity contribution is 0.340. The lowest BCUT2D eigenvalue weighted by atomic mass is 9.94. The number of ether oxygens (including phenoxy) is 2. The number of hydrogen-bond donors (Lipinski definition) is 2. The Morgan fingerprint density at radius 2 is 1.78 bits per heavy atom. The summed E-state index contributed by atoms with van der Waals surface area (Å²) in [7, 11) is 3.28. The van der Waals surface area contributed by atoms with Gasteiger partial charge >= 0.3 is 0 Å². The molecule has 1 N–H and O–H groups in total. The number of thiol groups is 1. The zero-order valence-electron chi connectivity index (χ0n) is 14.3. The molecule has 1 atom stereocenters. The molecule has 0 radical (unpaired) electrons. The lowest BCUT2D eigenvalue weighted by Gasteiger charge is -2.26. The lowest BCUT2D eigenvalue weighted by Crippen LogP contribution is -2.18. The normalized spacial score (nSPS) is 12.1. The molecule has 0 aliphatic heterocycles. The molecule has 0 bridgehead atoms. The first-order valence-electron chi connectivity index (χ1n) is 7.61. The summed E-state index contributed by atoms with van der Waals surface area (Å²) in [5, 5.41) is 3.51. The minimum atomic E-state index is 0.0436. The van der Waals surface area contributed by atoms with Crippen LogP contribution >= 0.6 is 12.6 Å². The highest BCUT2D eigenvalue weighted by Crippen LogP contribution is 2.42. The largest absolute Gasteiger partial charge is 0.492 e. The number of methoxy groups -OCH3 is 2. The van der Waals surface area contributed by atoms with Crippen molar-refractivity contribution in [2.24, 2.45) is 5.92 Å². The molecule has 124 valence electrons. The molecule has 0 fully saturated rings. The Kier molecular flexibility index (Phi) is 5.77. The number of pyridine rings is 1. The summed E-state index contributed by atoms with van der Waals surface area (Å²) in [6, 6.07) is 8.01. The van der Waals surface area contributed by atoms with Crippen molar-refractivity contribution in [1.29, 1.82) is 0 Å². The van der Waals surface area contributed by atoms with E-state index >= 15 is 0 Å². The number of hydrogen-bond acceptors (Lipinski definition) is 5. The van der Waals surface area contributed by atoms with Gasteiger partial charge in [-0.05, 0) is 36.6 Å². The quantitative estimate of drug-likeness (QED) is 0.764. The Labute approximate surface area is 143 Å². The summed E-state index contributed by atoms with van der Waals surface area (Å²) < 4.78 is 11.1. The van der Waals surface area contributed by atoms with E-state index in [1.165, 1.54) is 5.56 Å². The zero-order valence-corrected chi connectivity index (χ0v) is 15.1. The molecule has 1 heterocycles. The monoisotopic (exact) mass is 332 g/mol. The van der Waals surface area contributed by atoms with E-state index in [0.717, 1.165) is 16.3 Å². The Hall–Kier alpha value is -1.88. The molecule has 1 unspecified atom stereocenters. The number of aromatic nitrogens is 1. The van der Waals surface area contributed by atoms with Gasteiger partial charge in [0.05, 0.1) is 25.2 Å². The summed E-state index contributed by atoms with van der Waals surface area (Å²) in [6.07, 6.45) is 1.81. The van der Waals surface area contributed by atoms with Crippen molar-refractivity contribution in [3.8, 4) is 11.5 Å². The molecule has 0 saturated heterocycles. The predicted molar refractivity (Wildman–Crippen MR) is 97.0 cm³/mol. The minimum Gasteiger partial charge on any atom is -0.492 e. The highest BCUT2D eigenvalue weighted by atomic mass is 32.1. The van der Waals surface area contributed by atoms with Gasteiger partial charge in [-0.1, -0.05) is 19.9 Å². The van der Waals surface area contributed by atoms with E-state index in [0.29, 0.717) is 17.4 Å². The molecule has 1 aromatic carbocycles. The van der Waals surface area contributed by atoms with E-state index in [2.05, 4.69) is 43.7 Å². The predicted octanol–water partition coefficient (Wildman–Crippen LogP) is 4.51. The summed E-state index contributed by atoms with van der Waals surface area (Å²) in [6.45, 7) is 6.37. The maximum absolute atomic E-state index is 5.61. The molecular formula is C18H24N2O2S. The number of anilines is 1. The van der Waals surface area contributed by atoms with Gasteiger partial charge in [-0.2, -0.15) is 0 Å². The molecular weight excluding hydrogens is 308 g/mol. The van der Waals surface area contributed by atoms with E-state index in [9.17, 15) is 0 Å². The molecule has 0 aliphatic rings. The van der Waals surface area contributed by atoms with Gasteiger partial charge in [-0.25, -0.2) is 4.98 Å². The van der Waals surface area contributed by atoms with Crippen LogP contribution in [0.4, 0.5) is 5.82 Å². The summed E-state index contributed by atoms with van der Waals surface area (Å²) in [4.78, 5) is 5.16. The molecule has 2 rings (SSSR count). The highest BCUT2D eigenvalue weighted by molar-refractivity contribution is 7.80. The SMILES string of the molecule is COc1c(S)ccc(C(Nc2cc(C)ccn2)C(C)C)c1OC. The number of aryl methyl sites for hydroxylation is 1. The van der Waals surface area contributed by atoms with Gasteiger partial charge < -0.3 is 14.8 Å². The van der Waals surface area contributed by atoms with Crippen molar-refractivity contribution in [3.63, 3.8) is 0 Å². The fraction of sp³-hybridized carbons (Fsp3) is 0.389. The van der Waals surface area contributed by atoms with Gasteiger partial charge in [-0.3, -0.25) is 0 Å². The number of rotatable bonds is 6. The van der Waals surface area contributed by atoms with Crippen LogP contribution in [0.15, 0.2) is 35.4 Å². The molecule has 0 aliphatic carbocycles. The third-order valence-electron chi connectivity index (χ3n) is 3.75. The maximum atomic E-state index is 5.61. The van der Waals surface area contributed by atoms with Gasteiger partial charge in [0, 0.05) is 11.8 Å². The van der Waals surface area contributed by atoms with Crippen LogP contribution in [-0.2, 0) is 0 Å². The van der Waals surface area contributed by atoms with E-state index in [-0.39, 0.29) is 6.04 Å². The topological polar surface area (TPSA) is 43.4 Å².